The van der Waals surface area contributed by atoms with Crippen LogP contribution in [0.2, 0.25) is 0 Å². The number of carbonyl (C=O) groups excluding carboxylic acids is 1. The maximum atomic E-state index is 12.5. The van der Waals surface area contributed by atoms with Crippen molar-refractivity contribution in [3.63, 3.8) is 0 Å². The van der Waals surface area contributed by atoms with Gasteiger partial charge in [0.1, 0.15) is 5.76 Å². The van der Waals surface area contributed by atoms with Crippen LogP contribution in [0.25, 0.3) is 0 Å². The van der Waals surface area contributed by atoms with E-state index in [4.69, 9.17) is 4.52 Å². The van der Waals surface area contributed by atoms with Gasteiger partial charge in [0.25, 0.3) is 0 Å². The molecule has 0 bridgehead atoms. The third kappa shape index (κ3) is 4.66. The molecule has 0 spiro atoms. The van der Waals surface area contributed by atoms with E-state index in [2.05, 4.69) is 41.8 Å². The first-order valence-electron chi connectivity index (χ1n) is 8.06. The number of carbonyl (C=O) groups is 1. The number of aryl methyl sites for hydroxylation is 1. The fraction of sp³-hybridized carbons (Fsp3) is 0.444. The largest absolute Gasteiger partial charge is 0.360 e. The summed E-state index contributed by atoms with van der Waals surface area (Å²) in [5, 5.41) is 10.1. The summed E-state index contributed by atoms with van der Waals surface area (Å²) in [4.78, 5) is 12.5. The van der Waals surface area contributed by atoms with Crippen molar-refractivity contribution in [2.45, 2.75) is 46.2 Å². The molecule has 2 atom stereocenters. The highest BCUT2D eigenvalue weighted by atomic mass is 16.5. The number of hydrogen-bond acceptors (Lipinski definition) is 4. The molecule has 1 amide bonds. The van der Waals surface area contributed by atoms with Crippen molar-refractivity contribution in [1.29, 1.82) is 0 Å². The summed E-state index contributed by atoms with van der Waals surface area (Å²) in [6.45, 7) is 8.09. The van der Waals surface area contributed by atoms with E-state index < -0.39 is 0 Å². The lowest BCUT2D eigenvalue weighted by Gasteiger charge is -2.27. The maximum absolute atomic E-state index is 12.5. The molecule has 2 unspecified atom stereocenters. The average Bonchev–Trinajstić information content (AvgIpc) is 2.93. The Morgan fingerprint density at radius 3 is 2.48 bits per heavy atom. The molecule has 0 radical (unpaired) electrons. The zero-order valence-corrected chi connectivity index (χ0v) is 14.2. The van der Waals surface area contributed by atoms with Crippen LogP contribution < -0.4 is 10.6 Å². The zero-order chi connectivity index (χ0) is 16.8. The Morgan fingerprint density at radius 2 is 1.96 bits per heavy atom. The minimum atomic E-state index is -0.292. The molecular weight excluding hydrogens is 290 g/mol. The van der Waals surface area contributed by atoms with Crippen LogP contribution in [0.1, 0.15) is 44.6 Å². The maximum Gasteiger partial charge on any atom is 0.242 e. The molecule has 2 rings (SSSR count). The van der Waals surface area contributed by atoms with E-state index in [-0.39, 0.29) is 18.0 Å². The van der Waals surface area contributed by atoms with Crippen LogP contribution in [0.5, 0.6) is 0 Å². The number of aromatic nitrogens is 1. The predicted molar refractivity (Wildman–Crippen MR) is 91.1 cm³/mol. The lowest BCUT2D eigenvalue weighted by Crippen LogP contribution is -2.43. The van der Waals surface area contributed by atoms with Crippen molar-refractivity contribution >= 4 is 11.7 Å². The van der Waals surface area contributed by atoms with Gasteiger partial charge in [-0.05, 0) is 24.8 Å². The third-order valence-electron chi connectivity index (χ3n) is 3.81. The number of benzene rings is 1. The number of hydrogen-bond donors (Lipinski definition) is 2. The van der Waals surface area contributed by atoms with Gasteiger partial charge in [0.2, 0.25) is 5.91 Å². The Bertz CT molecular complexity index is 622. The SMILES string of the molecule is CCC(NC(c1ccccc1)C(C)C)C(=O)Nc1cc(C)on1. The van der Waals surface area contributed by atoms with Gasteiger partial charge < -0.3 is 9.84 Å². The van der Waals surface area contributed by atoms with Gasteiger partial charge in [0, 0.05) is 12.1 Å². The first kappa shape index (κ1) is 17.2. The van der Waals surface area contributed by atoms with E-state index >= 15 is 0 Å². The summed E-state index contributed by atoms with van der Waals surface area (Å²) >= 11 is 0. The van der Waals surface area contributed by atoms with Gasteiger partial charge in [-0.25, -0.2) is 0 Å². The second kappa shape index (κ2) is 7.92. The summed E-state index contributed by atoms with van der Waals surface area (Å²) in [5.41, 5.74) is 1.19. The molecule has 0 saturated heterocycles. The highest BCUT2D eigenvalue weighted by molar-refractivity contribution is 5.94. The number of rotatable bonds is 7. The van der Waals surface area contributed by atoms with E-state index in [1.807, 2.05) is 25.1 Å². The van der Waals surface area contributed by atoms with Crippen molar-refractivity contribution in [1.82, 2.24) is 10.5 Å². The molecule has 1 aromatic carbocycles. The molecule has 5 heteroatoms. The van der Waals surface area contributed by atoms with Gasteiger partial charge in [0.05, 0.1) is 6.04 Å². The second-order valence-corrected chi connectivity index (χ2v) is 6.07. The Labute approximate surface area is 137 Å². The molecule has 2 aromatic rings. The smallest absolute Gasteiger partial charge is 0.242 e. The average molecular weight is 315 g/mol. The molecule has 0 aliphatic carbocycles. The lowest BCUT2D eigenvalue weighted by atomic mass is 9.94. The summed E-state index contributed by atoms with van der Waals surface area (Å²) in [7, 11) is 0. The summed E-state index contributed by atoms with van der Waals surface area (Å²) < 4.78 is 4.98. The van der Waals surface area contributed by atoms with Crippen molar-refractivity contribution in [2.24, 2.45) is 5.92 Å². The van der Waals surface area contributed by atoms with E-state index in [9.17, 15) is 4.79 Å². The fourth-order valence-corrected chi connectivity index (χ4v) is 2.57. The van der Waals surface area contributed by atoms with Crippen LogP contribution in [0.4, 0.5) is 5.82 Å². The van der Waals surface area contributed by atoms with Crippen molar-refractivity contribution < 1.29 is 9.32 Å². The monoisotopic (exact) mass is 315 g/mol. The molecule has 23 heavy (non-hydrogen) atoms. The molecule has 5 nitrogen and oxygen atoms in total. The minimum absolute atomic E-state index is 0.0950. The first-order chi connectivity index (χ1) is 11.0. The molecule has 0 aliphatic heterocycles. The van der Waals surface area contributed by atoms with Crippen LogP contribution in [-0.4, -0.2) is 17.1 Å². The van der Waals surface area contributed by atoms with Crippen LogP contribution in [0, 0.1) is 12.8 Å². The zero-order valence-electron chi connectivity index (χ0n) is 14.2. The van der Waals surface area contributed by atoms with Crippen LogP contribution in [0.15, 0.2) is 40.9 Å². The van der Waals surface area contributed by atoms with Crippen LogP contribution in [0.3, 0.4) is 0 Å². The lowest BCUT2D eigenvalue weighted by molar-refractivity contribution is -0.118. The van der Waals surface area contributed by atoms with Crippen molar-refractivity contribution in [3.05, 3.63) is 47.7 Å². The van der Waals surface area contributed by atoms with Crippen LogP contribution >= 0.6 is 0 Å². The molecular formula is C18H25N3O2. The summed E-state index contributed by atoms with van der Waals surface area (Å²) in [5.74, 6) is 1.40. The Hall–Kier alpha value is -2.14. The van der Waals surface area contributed by atoms with Crippen molar-refractivity contribution in [3.8, 4) is 0 Å². The number of nitrogens with one attached hydrogen (secondary N) is 2. The number of anilines is 1. The predicted octanol–water partition coefficient (Wildman–Crippen LogP) is 3.69. The Kier molecular flexibility index (Phi) is 5.93. The van der Waals surface area contributed by atoms with Gasteiger partial charge >= 0.3 is 0 Å². The standard InChI is InChI=1S/C18H25N3O2/c1-5-15(18(22)20-16-11-13(4)23-21-16)19-17(12(2)3)14-9-7-6-8-10-14/h6-12,15,17,19H,5H2,1-4H3,(H,20,21,22). The van der Waals surface area contributed by atoms with Crippen LogP contribution in [-0.2, 0) is 4.79 Å². The van der Waals surface area contributed by atoms with E-state index in [1.165, 1.54) is 5.56 Å². The molecule has 0 fully saturated rings. The number of amides is 1. The topological polar surface area (TPSA) is 67.2 Å². The van der Waals surface area contributed by atoms with E-state index in [1.54, 1.807) is 13.0 Å². The Balaban J connectivity index is 2.08. The second-order valence-electron chi connectivity index (χ2n) is 6.07. The molecule has 0 saturated carbocycles. The van der Waals surface area contributed by atoms with Gasteiger partial charge in [-0.1, -0.05) is 56.3 Å². The normalized spacial score (nSPS) is 13.8. The van der Waals surface area contributed by atoms with Gasteiger partial charge in [-0.15, -0.1) is 0 Å². The summed E-state index contributed by atoms with van der Waals surface area (Å²) in [6.07, 6.45) is 0.693. The highest BCUT2D eigenvalue weighted by Crippen LogP contribution is 2.22. The summed E-state index contributed by atoms with van der Waals surface area (Å²) in [6, 6.07) is 11.7. The molecule has 0 aliphatic rings. The number of nitrogens with zero attached hydrogens (tertiary/aromatic N) is 1. The molecule has 1 aromatic heterocycles. The third-order valence-corrected chi connectivity index (χ3v) is 3.81. The fourth-order valence-electron chi connectivity index (χ4n) is 2.57. The van der Waals surface area contributed by atoms with Crippen molar-refractivity contribution in [2.75, 3.05) is 5.32 Å². The van der Waals surface area contributed by atoms with Gasteiger partial charge in [-0.2, -0.15) is 0 Å². The Morgan fingerprint density at radius 1 is 1.26 bits per heavy atom. The molecule has 124 valence electrons. The quantitative estimate of drug-likeness (QED) is 0.818. The molecule has 1 heterocycles. The first-order valence-corrected chi connectivity index (χ1v) is 8.06. The van der Waals surface area contributed by atoms with E-state index in [0.717, 1.165) is 0 Å². The van der Waals surface area contributed by atoms with E-state index in [0.29, 0.717) is 23.9 Å². The highest BCUT2D eigenvalue weighted by Gasteiger charge is 2.24. The van der Waals surface area contributed by atoms with Gasteiger partial charge in [0.15, 0.2) is 5.82 Å². The molecule has 2 N–H and O–H groups in total. The minimum Gasteiger partial charge on any atom is -0.360 e. The van der Waals surface area contributed by atoms with Gasteiger partial charge in [-0.3, -0.25) is 10.1 Å².